The number of ether oxygens (including phenoxy) is 4. The maximum absolute atomic E-state index is 9.77. The van der Waals surface area contributed by atoms with Crippen LogP contribution in [0.25, 0.3) is 0 Å². The Morgan fingerprint density at radius 2 is 0.554 bits per heavy atom. The lowest BCUT2D eigenvalue weighted by molar-refractivity contribution is -0.165. The summed E-state index contributed by atoms with van der Waals surface area (Å²) >= 11 is 6.82. The van der Waals surface area contributed by atoms with E-state index >= 15 is 0 Å². The van der Waals surface area contributed by atoms with E-state index in [0.717, 1.165) is 87.8 Å². The third-order valence-electron chi connectivity index (χ3n) is 11.6. The second kappa shape index (κ2) is 27.5. The molecule has 1 aliphatic rings. The summed E-state index contributed by atoms with van der Waals surface area (Å²) in [5.41, 5.74) is 28.5. The molecule has 0 amide bonds. The van der Waals surface area contributed by atoms with Crippen molar-refractivity contribution in [3.05, 3.63) is 70.8 Å². The first-order chi connectivity index (χ1) is 34.5. The van der Waals surface area contributed by atoms with Gasteiger partial charge >= 0.3 is 11.9 Å². The van der Waals surface area contributed by atoms with Gasteiger partial charge in [-0.25, -0.2) is 9.59 Å². The number of aliphatic hydroxyl groups is 2. The van der Waals surface area contributed by atoms with Crippen molar-refractivity contribution in [1.82, 2.24) is 0 Å². The summed E-state index contributed by atoms with van der Waals surface area (Å²) < 4.78 is 27.6. The second-order valence-corrected chi connectivity index (χ2v) is 26.5. The lowest BCUT2D eigenvalue weighted by atomic mass is 9.87. The molecule has 0 saturated carbocycles. The second-order valence-electron chi connectivity index (χ2n) is 22.1. The van der Waals surface area contributed by atoms with Crippen LogP contribution < -0.4 is 41.9 Å². The molecule has 2 atom stereocenters. The SMILES string of the molecule is CC(C)(C)c1cc2c(OCCCN)c(c1)Sc1cc(C(C)(C)C)cc(c1OCCCN)Sc1cc(C(C)(C)C)cc(c1OCCCN)Sc1cc(C(C)(C)C)cc(c1OCCCN)S2.O=C(O)C(O)C(O)C(=O)O. The van der Waals surface area contributed by atoms with Crippen LogP contribution in [-0.2, 0) is 31.2 Å². The topological polar surface area (TPSA) is 256 Å². The Kier molecular flexibility index (Phi) is 23.3. The van der Waals surface area contributed by atoms with Gasteiger partial charge in [-0.15, -0.1) is 0 Å². The molecule has 1 heterocycles. The van der Waals surface area contributed by atoms with E-state index in [1.807, 2.05) is 0 Å². The molecule has 0 radical (unpaired) electrons. The zero-order valence-corrected chi connectivity index (χ0v) is 48.7. The highest BCUT2D eigenvalue weighted by molar-refractivity contribution is 8.01. The Morgan fingerprint density at radius 3 is 0.676 bits per heavy atom. The minimum absolute atomic E-state index is 0.168. The van der Waals surface area contributed by atoms with Crippen molar-refractivity contribution in [2.24, 2.45) is 22.9 Å². The van der Waals surface area contributed by atoms with Gasteiger partial charge in [-0.3, -0.25) is 0 Å². The van der Waals surface area contributed by atoms with Gasteiger partial charge in [-0.2, -0.15) is 0 Å². The lowest BCUT2D eigenvalue weighted by Gasteiger charge is -2.28. The van der Waals surface area contributed by atoms with E-state index in [1.54, 1.807) is 47.0 Å². The molecule has 18 heteroatoms. The van der Waals surface area contributed by atoms with Gasteiger partial charge in [-0.05, 0) is 144 Å². The van der Waals surface area contributed by atoms with Crippen molar-refractivity contribution >= 4 is 59.0 Å². The predicted octanol–water partition coefficient (Wildman–Crippen LogP) is 10.6. The Labute approximate surface area is 456 Å². The van der Waals surface area contributed by atoms with E-state index in [9.17, 15) is 9.59 Å². The van der Waals surface area contributed by atoms with Crippen molar-refractivity contribution in [1.29, 1.82) is 0 Å². The van der Waals surface area contributed by atoms with Gasteiger partial charge in [0, 0.05) is 0 Å². The minimum atomic E-state index is -2.27. The molecule has 1 aliphatic heterocycles. The molecule has 0 aromatic heterocycles. The zero-order chi connectivity index (χ0) is 55.3. The number of aliphatic carboxylic acids is 2. The standard InChI is InChI=1S/C52H76N4O4S4.C4H6O6/c1-49(2,3)33-25-37-45(57-21-13-17-53)38(26-33)62-40-28-35(51(7,8)9)30-42(47(40)59-23-15-19-55)64-44-32-36(52(10,11)12)31-43(48(44)60-24-16-20-56)63-41-29-34(50(4,5)6)27-39(61-37)46(41)58-22-14-18-54;5-1(3(7)8)2(6)4(9)10/h25-32H,13-24,53-56H2,1-12H3;1-2,5-6H,(H,7,8)(H,9,10). The molecular weight excluding hydrogens is 1020 g/mol. The number of carboxylic acid groups (broad SMARTS) is 2. The summed E-state index contributed by atoms with van der Waals surface area (Å²) in [6.07, 6.45) is -1.64. The monoisotopic (exact) mass is 1100 g/mol. The Morgan fingerprint density at radius 1 is 0.392 bits per heavy atom. The molecule has 4 aromatic carbocycles. The third kappa shape index (κ3) is 17.6. The van der Waals surface area contributed by atoms with Gasteiger partial charge in [0.15, 0.2) is 12.2 Å². The van der Waals surface area contributed by atoms with Gasteiger partial charge in [-0.1, -0.05) is 130 Å². The fourth-order valence-electron chi connectivity index (χ4n) is 6.99. The molecule has 5 rings (SSSR count). The van der Waals surface area contributed by atoms with E-state index < -0.39 is 24.1 Å². The largest absolute Gasteiger partial charge is 0.491 e. The number of nitrogens with two attached hydrogens (primary N) is 4. The molecule has 0 aliphatic carbocycles. The fraction of sp³-hybridized carbons (Fsp3) is 0.536. The first kappa shape index (κ1) is 62.7. The van der Waals surface area contributed by atoms with Crippen LogP contribution in [0.3, 0.4) is 0 Å². The fourth-order valence-corrected chi connectivity index (χ4v) is 11.8. The lowest BCUT2D eigenvalue weighted by Crippen LogP contribution is -2.39. The minimum Gasteiger partial charge on any atom is -0.491 e. The highest BCUT2D eigenvalue weighted by Crippen LogP contribution is 2.56. The molecule has 4 aromatic rings. The quantitative estimate of drug-likeness (QED) is 0.0358. The summed E-state index contributed by atoms with van der Waals surface area (Å²) in [5, 5.41) is 32.5. The highest BCUT2D eigenvalue weighted by Gasteiger charge is 2.32. The molecule has 8 bridgehead atoms. The van der Waals surface area contributed by atoms with E-state index in [-0.39, 0.29) is 21.7 Å². The number of carbonyl (C=O) groups is 2. The predicted molar refractivity (Wildman–Crippen MR) is 301 cm³/mol. The summed E-state index contributed by atoms with van der Waals surface area (Å²) in [6.45, 7) is 31.3. The molecular formula is C56H82N4O10S4. The number of hydrogen-bond donors (Lipinski definition) is 8. The van der Waals surface area contributed by atoms with Crippen LogP contribution in [0.4, 0.5) is 0 Å². The van der Waals surface area contributed by atoms with E-state index in [4.69, 9.17) is 62.3 Å². The number of fused-ring (bicyclic) bond motifs is 8. The smallest absolute Gasteiger partial charge is 0.335 e. The van der Waals surface area contributed by atoms with E-state index in [2.05, 4.69) is 132 Å². The molecule has 14 nitrogen and oxygen atoms in total. The molecule has 12 N–H and O–H groups in total. The first-order valence-electron chi connectivity index (χ1n) is 25.1. The molecule has 0 spiro atoms. The summed E-state index contributed by atoms with van der Waals surface area (Å²) in [5.74, 6) is -0.238. The van der Waals surface area contributed by atoms with Gasteiger partial charge < -0.3 is 62.3 Å². The molecule has 410 valence electrons. The first-order valence-corrected chi connectivity index (χ1v) is 28.4. The van der Waals surface area contributed by atoms with Crippen LogP contribution in [0.2, 0.25) is 0 Å². The Bertz CT molecular complexity index is 2110. The Hall–Kier alpha value is -3.82. The number of carboxylic acids is 2. The average molecular weight is 1100 g/mol. The normalized spacial score (nSPS) is 13.8. The zero-order valence-electron chi connectivity index (χ0n) is 45.4. The molecule has 0 fully saturated rings. The van der Waals surface area contributed by atoms with Gasteiger partial charge in [0.05, 0.1) is 65.6 Å². The average Bonchev–Trinajstić information content (AvgIpc) is 3.29. The Balaban J connectivity index is 0.00000107. The molecule has 2 unspecified atom stereocenters. The van der Waals surface area contributed by atoms with E-state index in [1.165, 1.54) is 22.3 Å². The van der Waals surface area contributed by atoms with Crippen LogP contribution >= 0.6 is 47.0 Å². The van der Waals surface area contributed by atoms with Gasteiger partial charge in [0.2, 0.25) is 0 Å². The van der Waals surface area contributed by atoms with Crippen molar-refractivity contribution in [2.75, 3.05) is 52.6 Å². The van der Waals surface area contributed by atoms with Crippen LogP contribution in [0.5, 0.6) is 23.0 Å². The van der Waals surface area contributed by atoms with Crippen molar-refractivity contribution < 1.29 is 49.0 Å². The maximum Gasteiger partial charge on any atom is 0.335 e. The van der Waals surface area contributed by atoms with Crippen LogP contribution in [0, 0.1) is 0 Å². The highest BCUT2D eigenvalue weighted by atomic mass is 32.2. The summed E-state index contributed by atoms with van der Waals surface area (Å²) in [4.78, 5) is 27.7. The molecule has 0 saturated heterocycles. The van der Waals surface area contributed by atoms with Crippen molar-refractivity contribution in [2.45, 2.75) is 182 Å². The summed E-state index contributed by atoms with van der Waals surface area (Å²) in [6, 6.07) is 18.5. The summed E-state index contributed by atoms with van der Waals surface area (Å²) in [7, 11) is 0. The van der Waals surface area contributed by atoms with Crippen molar-refractivity contribution in [3.8, 4) is 23.0 Å². The molecule has 74 heavy (non-hydrogen) atoms. The van der Waals surface area contributed by atoms with Gasteiger partial charge in [0.25, 0.3) is 0 Å². The van der Waals surface area contributed by atoms with Crippen LogP contribution in [0.1, 0.15) is 131 Å². The third-order valence-corrected chi connectivity index (χ3v) is 15.8. The number of aliphatic hydroxyl groups excluding tert-OH is 2. The van der Waals surface area contributed by atoms with Gasteiger partial charge in [0.1, 0.15) is 23.0 Å². The van der Waals surface area contributed by atoms with Crippen molar-refractivity contribution in [3.63, 3.8) is 0 Å². The maximum atomic E-state index is 9.77. The number of rotatable bonds is 19. The number of hydrogen-bond acceptors (Lipinski definition) is 16. The van der Waals surface area contributed by atoms with Crippen LogP contribution in [0.15, 0.2) is 87.7 Å². The van der Waals surface area contributed by atoms with E-state index in [0.29, 0.717) is 52.6 Å². The van der Waals surface area contributed by atoms with Crippen LogP contribution in [-0.4, -0.2) is 97.2 Å². The number of benzene rings is 4.